The first-order valence-electron chi connectivity index (χ1n) is 12.2. The summed E-state index contributed by atoms with van der Waals surface area (Å²) in [4.78, 5) is 25.4. The molecule has 0 spiro atoms. The van der Waals surface area contributed by atoms with Crippen molar-refractivity contribution in [1.82, 2.24) is 15.0 Å². The molecule has 0 aliphatic heterocycles. The fraction of sp³-hybridized carbons (Fsp3) is 0.241. The number of hydrogen-bond acceptors (Lipinski definition) is 6. The molecule has 1 aliphatic carbocycles. The minimum atomic E-state index is -0.471. The molecule has 0 radical (unpaired) electrons. The predicted molar refractivity (Wildman–Crippen MR) is 145 cm³/mol. The number of fused-ring (bicyclic) bond motifs is 2. The highest BCUT2D eigenvalue weighted by molar-refractivity contribution is 6.37. The number of ketones is 1. The standard InChI is InChI=1S/C29H25Cl2N3O4/c1-16(2)26-25(34(33-32-26)27-23(30)5-4-6-24(27)31)15-38-20-11-12-21-18(13-20)9-7-17-8-10-19(29(36)37-3)14-22(17)28(21)35/h4-6,8,10-14,16H,7,9,15H2,1-3H3. The molecule has 0 atom stereocenters. The maximum absolute atomic E-state index is 13.4. The molecule has 4 aromatic rings. The number of rotatable bonds is 6. The number of hydrogen-bond donors (Lipinski definition) is 0. The van der Waals surface area contributed by atoms with Crippen LogP contribution >= 0.6 is 23.2 Å². The van der Waals surface area contributed by atoms with Crippen LogP contribution in [0.5, 0.6) is 5.75 Å². The Labute approximate surface area is 230 Å². The maximum Gasteiger partial charge on any atom is 0.337 e. The van der Waals surface area contributed by atoms with Crippen LogP contribution in [0.15, 0.2) is 54.6 Å². The van der Waals surface area contributed by atoms with Gasteiger partial charge in [-0.1, -0.05) is 54.4 Å². The third kappa shape index (κ3) is 4.79. The summed E-state index contributed by atoms with van der Waals surface area (Å²) in [6.07, 6.45) is 1.33. The molecule has 0 saturated heterocycles. The van der Waals surface area contributed by atoms with Crippen molar-refractivity contribution >= 4 is 35.0 Å². The Hall–Kier alpha value is -3.68. The zero-order chi connectivity index (χ0) is 27.0. The van der Waals surface area contributed by atoms with Crippen molar-refractivity contribution in [3.05, 3.63) is 104 Å². The van der Waals surface area contributed by atoms with E-state index in [1.165, 1.54) is 7.11 Å². The number of ether oxygens (including phenoxy) is 2. The predicted octanol–water partition coefficient (Wildman–Crippen LogP) is 6.39. The molecule has 5 rings (SSSR count). The van der Waals surface area contributed by atoms with E-state index in [0.29, 0.717) is 51.0 Å². The first-order chi connectivity index (χ1) is 18.3. The Balaban J connectivity index is 1.44. The van der Waals surface area contributed by atoms with Crippen LogP contribution in [0.2, 0.25) is 10.0 Å². The van der Waals surface area contributed by atoms with E-state index in [9.17, 15) is 9.59 Å². The number of aryl methyl sites for hydroxylation is 2. The van der Waals surface area contributed by atoms with Gasteiger partial charge in [0.1, 0.15) is 23.7 Å². The minimum absolute atomic E-state index is 0.0988. The normalized spacial score (nSPS) is 12.6. The molecule has 1 aromatic heterocycles. The van der Waals surface area contributed by atoms with Crippen LogP contribution in [0, 0.1) is 0 Å². The van der Waals surface area contributed by atoms with Gasteiger partial charge in [0, 0.05) is 11.1 Å². The van der Waals surface area contributed by atoms with Crippen molar-refractivity contribution < 1.29 is 19.1 Å². The number of carbonyl (C=O) groups excluding carboxylic acids is 2. The number of aromatic nitrogens is 3. The lowest BCUT2D eigenvalue weighted by molar-refractivity contribution is 0.0600. The van der Waals surface area contributed by atoms with E-state index in [-0.39, 0.29) is 18.3 Å². The number of esters is 1. The molecule has 1 heterocycles. The second-order valence-electron chi connectivity index (χ2n) is 9.36. The van der Waals surface area contributed by atoms with Crippen molar-refractivity contribution in [2.75, 3.05) is 7.11 Å². The van der Waals surface area contributed by atoms with E-state index in [0.717, 1.165) is 22.5 Å². The van der Waals surface area contributed by atoms with E-state index in [1.54, 1.807) is 47.1 Å². The fourth-order valence-electron chi connectivity index (χ4n) is 4.67. The van der Waals surface area contributed by atoms with Crippen molar-refractivity contribution in [2.24, 2.45) is 0 Å². The van der Waals surface area contributed by atoms with E-state index in [1.807, 2.05) is 26.0 Å². The number of carbonyl (C=O) groups is 2. The van der Waals surface area contributed by atoms with Gasteiger partial charge in [0.05, 0.1) is 28.4 Å². The van der Waals surface area contributed by atoms with Gasteiger partial charge in [-0.25, -0.2) is 9.48 Å². The fourth-order valence-corrected chi connectivity index (χ4v) is 5.23. The summed E-state index contributed by atoms with van der Waals surface area (Å²) in [7, 11) is 1.32. The molecular weight excluding hydrogens is 525 g/mol. The molecular formula is C29H25Cl2N3O4. The highest BCUT2D eigenvalue weighted by Crippen LogP contribution is 2.32. The van der Waals surface area contributed by atoms with Crippen LogP contribution in [0.25, 0.3) is 5.69 Å². The summed E-state index contributed by atoms with van der Waals surface area (Å²) in [6.45, 7) is 4.24. The average molecular weight is 550 g/mol. The van der Waals surface area contributed by atoms with E-state index >= 15 is 0 Å². The molecule has 0 unspecified atom stereocenters. The smallest absolute Gasteiger partial charge is 0.337 e. The lowest BCUT2D eigenvalue weighted by atomic mass is 9.97. The second-order valence-corrected chi connectivity index (χ2v) is 10.2. The van der Waals surface area contributed by atoms with Gasteiger partial charge in [0.15, 0.2) is 5.78 Å². The second kappa shape index (κ2) is 10.6. The number of para-hydroxylation sites is 1. The molecule has 3 aromatic carbocycles. The SMILES string of the molecule is COC(=O)c1ccc2c(c1)C(=O)c1ccc(OCc3c(C(C)C)nnn3-c3c(Cl)cccc3Cl)cc1CC2. The van der Waals surface area contributed by atoms with Gasteiger partial charge in [-0.05, 0) is 72.4 Å². The molecule has 0 saturated carbocycles. The highest BCUT2D eigenvalue weighted by atomic mass is 35.5. The summed E-state index contributed by atoms with van der Waals surface area (Å²) in [6, 6.07) is 15.8. The van der Waals surface area contributed by atoms with Crippen LogP contribution < -0.4 is 4.74 Å². The van der Waals surface area contributed by atoms with Crippen molar-refractivity contribution in [1.29, 1.82) is 0 Å². The topological polar surface area (TPSA) is 83.3 Å². The van der Waals surface area contributed by atoms with E-state index < -0.39 is 5.97 Å². The van der Waals surface area contributed by atoms with Crippen molar-refractivity contribution in [3.8, 4) is 11.4 Å². The Kier molecular flexibility index (Phi) is 7.23. The van der Waals surface area contributed by atoms with Gasteiger partial charge >= 0.3 is 5.97 Å². The van der Waals surface area contributed by atoms with Crippen molar-refractivity contribution in [3.63, 3.8) is 0 Å². The van der Waals surface area contributed by atoms with E-state index in [4.69, 9.17) is 32.7 Å². The van der Waals surface area contributed by atoms with Gasteiger partial charge in [0.25, 0.3) is 0 Å². The Morgan fingerprint density at radius 3 is 2.45 bits per heavy atom. The minimum Gasteiger partial charge on any atom is -0.487 e. The largest absolute Gasteiger partial charge is 0.487 e. The summed E-state index contributed by atoms with van der Waals surface area (Å²) < 4.78 is 12.7. The molecule has 0 fully saturated rings. The Bertz CT molecular complexity index is 1540. The van der Waals surface area contributed by atoms with E-state index in [2.05, 4.69) is 10.3 Å². The molecule has 38 heavy (non-hydrogen) atoms. The Morgan fingerprint density at radius 2 is 1.74 bits per heavy atom. The van der Waals surface area contributed by atoms with Crippen LogP contribution in [-0.2, 0) is 24.2 Å². The van der Waals surface area contributed by atoms with Gasteiger partial charge in [-0.2, -0.15) is 0 Å². The summed E-state index contributed by atoms with van der Waals surface area (Å²) in [5.74, 6) is 0.121. The van der Waals surface area contributed by atoms with Crippen LogP contribution in [0.4, 0.5) is 0 Å². The van der Waals surface area contributed by atoms with Gasteiger partial charge in [-0.15, -0.1) is 5.10 Å². The number of halogens is 2. The molecule has 0 N–H and O–H groups in total. The van der Waals surface area contributed by atoms with Gasteiger partial charge < -0.3 is 9.47 Å². The van der Waals surface area contributed by atoms with Crippen LogP contribution in [0.1, 0.15) is 68.6 Å². The summed E-state index contributed by atoms with van der Waals surface area (Å²) in [5.41, 5.74) is 5.32. The molecule has 194 valence electrons. The number of methoxy groups -OCH3 is 1. The number of benzene rings is 3. The Morgan fingerprint density at radius 1 is 1.00 bits per heavy atom. The monoisotopic (exact) mass is 549 g/mol. The zero-order valence-electron chi connectivity index (χ0n) is 21.1. The molecule has 0 amide bonds. The first-order valence-corrected chi connectivity index (χ1v) is 12.9. The lowest BCUT2D eigenvalue weighted by Gasteiger charge is -2.14. The van der Waals surface area contributed by atoms with Crippen LogP contribution in [-0.4, -0.2) is 33.9 Å². The third-order valence-corrected chi connectivity index (χ3v) is 7.24. The van der Waals surface area contributed by atoms with Gasteiger partial charge in [-0.3, -0.25) is 4.79 Å². The molecule has 0 bridgehead atoms. The summed E-state index contributed by atoms with van der Waals surface area (Å²) in [5, 5.41) is 9.60. The molecule has 9 heteroatoms. The number of nitrogens with zero attached hydrogens (tertiary/aromatic N) is 3. The quantitative estimate of drug-likeness (QED) is 0.259. The molecule has 1 aliphatic rings. The third-order valence-electron chi connectivity index (χ3n) is 6.63. The van der Waals surface area contributed by atoms with Crippen LogP contribution in [0.3, 0.4) is 0 Å². The van der Waals surface area contributed by atoms with Gasteiger partial charge in [0.2, 0.25) is 0 Å². The maximum atomic E-state index is 13.4. The molecule has 7 nitrogen and oxygen atoms in total. The zero-order valence-corrected chi connectivity index (χ0v) is 22.6. The first kappa shape index (κ1) is 25.9. The van der Waals surface area contributed by atoms with Crippen molar-refractivity contribution in [2.45, 2.75) is 39.2 Å². The average Bonchev–Trinajstić information content (AvgIpc) is 3.27. The highest BCUT2D eigenvalue weighted by Gasteiger charge is 2.24. The summed E-state index contributed by atoms with van der Waals surface area (Å²) >= 11 is 12.9. The lowest BCUT2D eigenvalue weighted by Crippen LogP contribution is -2.10.